The van der Waals surface area contributed by atoms with Crippen LogP contribution in [-0.4, -0.2) is 59.0 Å². The summed E-state index contributed by atoms with van der Waals surface area (Å²) in [5.74, 6) is -1.13. The summed E-state index contributed by atoms with van der Waals surface area (Å²) in [4.78, 5) is 43.0. The maximum atomic E-state index is 14.0. The van der Waals surface area contributed by atoms with Crippen molar-refractivity contribution >= 4 is 29.3 Å². The van der Waals surface area contributed by atoms with Crippen molar-refractivity contribution in [3.63, 3.8) is 0 Å². The van der Waals surface area contributed by atoms with Gasteiger partial charge in [0.25, 0.3) is 11.8 Å². The van der Waals surface area contributed by atoms with E-state index in [1.54, 1.807) is 41.3 Å². The molecule has 2 aliphatic rings. The fourth-order valence-electron chi connectivity index (χ4n) is 4.90. The lowest BCUT2D eigenvalue weighted by Gasteiger charge is -2.44. The molecule has 37 heavy (non-hydrogen) atoms. The number of benzene rings is 2. The Kier molecular flexibility index (Phi) is 6.99. The molecule has 5 rings (SSSR count). The predicted octanol–water partition coefficient (Wildman–Crippen LogP) is 3.86. The summed E-state index contributed by atoms with van der Waals surface area (Å²) < 4.78 is 25.4. The number of furan rings is 1. The van der Waals surface area contributed by atoms with Crippen molar-refractivity contribution in [3.8, 4) is 0 Å². The second kappa shape index (κ2) is 10.4. The van der Waals surface area contributed by atoms with E-state index >= 15 is 0 Å². The van der Waals surface area contributed by atoms with Gasteiger partial charge in [0.05, 0.1) is 30.0 Å². The molecule has 1 spiro atoms. The Hall–Kier alpha value is -3.69. The van der Waals surface area contributed by atoms with Gasteiger partial charge in [-0.25, -0.2) is 4.39 Å². The van der Waals surface area contributed by atoms with Crippen molar-refractivity contribution in [3.05, 3.63) is 94.7 Å². The molecule has 3 heterocycles. The molecule has 1 N–H and O–H groups in total. The highest BCUT2D eigenvalue weighted by molar-refractivity contribution is 6.33. The molecule has 0 bridgehead atoms. The largest absolute Gasteiger partial charge is 0.467 e. The van der Waals surface area contributed by atoms with Gasteiger partial charge in [-0.1, -0.05) is 29.8 Å². The van der Waals surface area contributed by atoms with E-state index in [1.165, 1.54) is 29.4 Å². The highest BCUT2D eigenvalue weighted by Gasteiger charge is 2.54. The highest BCUT2D eigenvalue weighted by atomic mass is 35.5. The van der Waals surface area contributed by atoms with Crippen LogP contribution in [0, 0.1) is 5.82 Å². The van der Waals surface area contributed by atoms with Crippen LogP contribution in [0.5, 0.6) is 0 Å². The molecule has 8 nitrogen and oxygen atoms in total. The molecule has 3 amide bonds. The van der Waals surface area contributed by atoms with Gasteiger partial charge in [0.2, 0.25) is 5.91 Å². The molecule has 192 valence electrons. The first-order chi connectivity index (χ1) is 17.9. The summed E-state index contributed by atoms with van der Waals surface area (Å²) in [5, 5.41) is 3.15. The molecule has 2 saturated heterocycles. The lowest BCUT2D eigenvalue weighted by atomic mass is 9.96. The third kappa shape index (κ3) is 4.97. The van der Waals surface area contributed by atoms with E-state index in [4.69, 9.17) is 20.8 Å². The third-order valence-electron chi connectivity index (χ3n) is 6.81. The van der Waals surface area contributed by atoms with E-state index in [9.17, 15) is 18.8 Å². The van der Waals surface area contributed by atoms with Crippen LogP contribution >= 0.6 is 11.6 Å². The molecule has 2 aliphatic heterocycles. The van der Waals surface area contributed by atoms with Gasteiger partial charge in [-0.3, -0.25) is 19.3 Å². The van der Waals surface area contributed by atoms with Crippen molar-refractivity contribution in [2.75, 3.05) is 19.7 Å². The lowest BCUT2D eigenvalue weighted by molar-refractivity contribution is -0.128. The first-order valence-corrected chi connectivity index (χ1v) is 12.3. The minimum absolute atomic E-state index is 0.0243. The van der Waals surface area contributed by atoms with Crippen molar-refractivity contribution in [1.82, 2.24) is 15.1 Å². The Morgan fingerprint density at radius 1 is 1.03 bits per heavy atom. The van der Waals surface area contributed by atoms with Crippen LogP contribution in [0.15, 0.2) is 71.3 Å². The van der Waals surface area contributed by atoms with Crippen molar-refractivity contribution < 1.29 is 27.9 Å². The van der Waals surface area contributed by atoms with Gasteiger partial charge < -0.3 is 19.4 Å². The lowest BCUT2D eigenvalue weighted by Crippen LogP contribution is -2.59. The molecule has 2 aromatic carbocycles. The molecule has 2 fully saturated rings. The quantitative estimate of drug-likeness (QED) is 0.546. The monoisotopic (exact) mass is 525 g/mol. The van der Waals surface area contributed by atoms with Crippen molar-refractivity contribution in [1.29, 1.82) is 0 Å². The van der Waals surface area contributed by atoms with Crippen LogP contribution in [0.1, 0.15) is 39.3 Å². The minimum Gasteiger partial charge on any atom is -0.467 e. The number of carbonyl (C=O) groups is 3. The minimum atomic E-state index is -1.12. The molecule has 10 heteroatoms. The molecular formula is C27H25ClFN3O5. The SMILES string of the molecule is O=C(NCc1ccco1)C1COC2(CCN(C(=O)c3ccccc3Cl)CC2)N1C(=O)c1cccc(F)c1. The molecule has 1 aromatic heterocycles. The Morgan fingerprint density at radius 3 is 2.51 bits per heavy atom. The van der Waals surface area contributed by atoms with Crippen LogP contribution in [0.3, 0.4) is 0 Å². The molecule has 0 radical (unpaired) electrons. The summed E-state index contributed by atoms with van der Waals surface area (Å²) >= 11 is 6.22. The first kappa shape index (κ1) is 25.0. The standard InChI is InChI=1S/C27H25ClFN3O5/c28-22-9-2-1-8-21(22)26(35)31-12-10-27(11-13-31)32(25(34)18-5-3-6-19(29)15-18)23(17-37-27)24(33)30-16-20-7-4-14-36-20/h1-9,14-15,23H,10-13,16-17H2,(H,30,33). The Bertz CT molecular complexity index is 1310. The summed E-state index contributed by atoms with van der Waals surface area (Å²) in [5.41, 5.74) is -0.605. The average Bonchev–Trinajstić information content (AvgIpc) is 3.56. The zero-order valence-corrected chi connectivity index (χ0v) is 20.6. The van der Waals surface area contributed by atoms with E-state index in [-0.39, 0.29) is 50.6 Å². The average molecular weight is 526 g/mol. The first-order valence-electron chi connectivity index (χ1n) is 11.9. The third-order valence-corrected chi connectivity index (χ3v) is 7.14. The van der Waals surface area contributed by atoms with Gasteiger partial charge in [-0.15, -0.1) is 0 Å². The maximum Gasteiger partial charge on any atom is 0.256 e. The summed E-state index contributed by atoms with van der Waals surface area (Å²) in [6.07, 6.45) is 2.07. The van der Waals surface area contributed by atoms with Crippen molar-refractivity contribution in [2.45, 2.75) is 31.2 Å². The van der Waals surface area contributed by atoms with Gasteiger partial charge in [-0.05, 0) is 42.5 Å². The molecular weight excluding hydrogens is 501 g/mol. The number of halogens is 2. The van der Waals surface area contributed by atoms with Gasteiger partial charge in [0, 0.05) is 31.5 Å². The van der Waals surface area contributed by atoms with E-state index in [0.29, 0.717) is 16.3 Å². The number of likely N-dealkylation sites (tertiary alicyclic amines) is 1. The van der Waals surface area contributed by atoms with Crippen LogP contribution in [-0.2, 0) is 16.1 Å². The Balaban J connectivity index is 1.38. The van der Waals surface area contributed by atoms with E-state index in [2.05, 4.69) is 5.32 Å². The predicted molar refractivity (Wildman–Crippen MR) is 132 cm³/mol. The summed E-state index contributed by atoms with van der Waals surface area (Å²) in [7, 11) is 0. The van der Waals surface area contributed by atoms with Gasteiger partial charge in [-0.2, -0.15) is 0 Å². The second-order valence-electron chi connectivity index (χ2n) is 9.03. The van der Waals surface area contributed by atoms with E-state index < -0.39 is 29.4 Å². The Labute approximate surface area is 217 Å². The number of hydrogen-bond donors (Lipinski definition) is 1. The second-order valence-corrected chi connectivity index (χ2v) is 9.43. The zero-order chi connectivity index (χ0) is 26.0. The number of amides is 3. The van der Waals surface area contributed by atoms with Crippen LogP contribution in [0.2, 0.25) is 5.02 Å². The molecule has 0 saturated carbocycles. The van der Waals surface area contributed by atoms with Crippen molar-refractivity contribution in [2.24, 2.45) is 0 Å². The normalized spacial score (nSPS) is 18.7. The van der Waals surface area contributed by atoms with Gasteiger partial charge in [0.1, 0.15) is 23.3 Å². The number of hydrogen-bond acceptors (Lipinski definition) is 5. The zero-order valence-electron chi connectivity index (χ0n) is 19.9. The number of ether oxygens (including phenoxy) is 1. The summed E-state index contributed by atoms with van der Waals surface area (Å²) in [6, 6.07) is 14.7. The number of rotatable bonds is 5. The molecule has 1 atom stereocenters. The fraction of sp³-hybridized carbons (Fsp3) is 0.296. The van der Waals surface area contributed by atoms with E-state index in [1.807, 2.05) is 0 Å². The highest BCUT2D eigenvalue weighted by Crippen LogP contribution is 2.39. The number of carbonyl (C=O) groups excluding carboxylic acids is 3. The molecule has 3 aromatic rings. The van der Waals surface area contributed by atoms with Crippen LogP contribution in [0.25, 0.3) is 0 Å². The van der Waals surface area contributed by atoms with E-state index in [0.717, 1.165) is 6.07 Å². The van der Waals surface area contributed by atoms with Crippen LogP contribution < -0.4 is 5.32 Å². The van der Waals surface area contributed by atoms with Gasteiger partial charge >= 0.3 is 0 Å². The smallest absolute Gasteiger partial charge is 0.256 e. The number of nitrogens with one attached hydrogen (secondary N) is 1. The number of piperidine rings is 1. The number of nitrogens with zero attached hydrogens (tertiary/aromatic N) is 2. The Morgan fingerprint density at radius 2 is 1.81 bits per heavy atom. The topological polar surface area (TPSA) is 92.1 Å². The van der Waals surface area contributed by atoms with Gasteiger partial charge in [0.15, 0.2) is 0 Å². The fourth-order valence-corrected chi connectivity index (χ4v) is 5.11. The molecule has 1 unspecified atom stereocenters. The molecule has 0 aliphatic carbocycles. The van der Waals surface area contributed by atoms with Crippen LogP contribution in [0.4, 0.5) is 4.39 Å². The maximum absolute atomic E-state index is 14.0. The summed E-state index contributed by atoms with van der Waals surface area (Å²) in [6.45, 7) is 0.705.